The molecule has 3 heterocycles. The van der Waals surface area contributed by atoms with Crippen molar-refractivity contribution in [3.63, 3.8) is 0 Å². The van der Waals surface area contributed by atoms with Crippen molar-refractivity contribution in [2.24, 2.45) is 5.92 Å². The lowest BCUT2D eigenvalue weighted by molar-refractivity contribution is 0.312. The molecule has 43 heavy (non-hydrogen) atoms. The summed E-state index contributed by atoms with van der Waals surface area (Å²) in [4.78, 5) is 37.3. The Morgan fingerprint density at radius 2 is 1.81 bits per heavy atom. The maximum atomic E-state index is 14.6. The van der Waals surface area contributed by atoms with Gasteiger partial charge in [-0.3, -0.25) is 9.36 Å². The Morgan fingerprint density at radius 1 is 1.00 bits per heavy atom. The fourth-order valence-electron chi connectivity index (χ4n) is 5.39. The van der Waals surface area contributed by atoms with Gasteiger partial charge in [0, 0.05) is 23.3 Å². The molecule has 0 radical (unpaired) electrons. The van der Waals surface area contributed by atoms with E-state index in [0.717, 1.165) is 23.7 Å². The number of fused-ring (bicyclic) bond motifs is 2. The molecular formula is C33H26N8O2. The second kappa shape index (κ2) is 10.9. The third-order valence-electron chi connectivity index (χ3n) is 7.58. The molecule has 10 heteroatoms. The van der Waals surface area contributed by atoms with E-state index in [-0.39, 0.29) is 23.5 Å². The van der Waals surface area contributed by atoms with E-state index in [2.05, 4.69) is 31.3 Å². The van der Waals surface area contributed by atoms with Crippen LogP contribution < -0.4 is 15.6 Å². The van der Waals surface area contributed by atoms with Gasteiger partial charge in [-0.05, 0) is 67.6 Å². The van der Waals surface area contributed by atoms with Crippen molar-refractivity contribution in [2.75, 3.05) is 11.9 Å². The first-order valence-electron chi connectivity index (χ1n) is 14.1. The average Bonchev–Trinajstić information content (AvgIpc) is 3.89. The van der Waals surface area contributed by atoms with Crippen molar-refractivity contribution >= 4 is 27.6 Å². The van der Waals surface area contributed by atoms with E-state index in [1.54, 1.807) is 29.1 Å². The summed E-state index contributed by atoms with van der Waals surface area (Å²) < 4.78 is 7.11. The predicted molar refractivity (Wildman–Crippen MR) is 163 cm³/mol. The van der Waals surface area contributed by atoms with Crippen LogP contribution in [0.1, 0.15) is 37.2 Å². The fraction of sp³-hybridized carbons (Fsp3) is 0.182. The Kier molecular flexibility index (Phi) is 6.68. The molecule has 0 unspecified atom stereocenters. The summed E-state index contributed by atoms with van der Waals surface area (Å²) in [5.74, 6) is 1.42. The van der Waals surface area contributed by atoms with Crippen LogP contribution >= 0.6 is 0 Å². The number of hydrogen-bond acceptors (Lipinski definition) is 9. The van der Waals surface area contributed by atoms with Gasteiger partial charge >= 0.3 is 6.01 Å². The molecule has 10 nitrogen and oxygen atoms in total. The minimum atomic E-state index is -0.321. The molecular weight excluding hydrogens is 540 g/mol. The van der Waals surface area contributed by atoms with Gasteiger partial charge in [0.1, 0.15) is 18.0 Å². The van der Waals surface area contributed by atoms with Crippen LogP contribution in [0.25, 0.3) is 38.6 Å². The summed E-state index contributed by atoms with van der Waals surface area (Å²) in [6.45, 7) is 2.33. The average molecular weight is 567 g/mol. The van der Waals surface area contributed by atoms with E-state index in [0.29, 0.717) is 51.5 Å². The lowest BCUT2D eigenvalue weighted by atomic mass is 10.0. The zero-order valence-corrected chi connectivity index (χ0v) is 23.3. The Bertz CT molecular complexity index is 2070. The summed E-state index contributed by atoms with van der Waals surface area (Å²) in [7, 11) is 0. The van der Waals surface area contributed by atoms with Crippen LogP contribution in [0.4, 0.5) is 5.82 Å². The first-order valence-corrected chi connectivity index (χ1v) is 14.1. The molecule has 1 aliphatic rings. The van der Waals surface area contributed by atoms with E-state index >= 15 is 0 Å². The fourth-order valence-corrected chi connectivity index (χ4v) is 5.39. The number of nitrogens with one attached hydrogen (secondary N) is 1. The number of nitrogens with zero attached hydrogens (tertiary/aromatic N) is 7. The van der Waals surface area contributed by atoms with Crippen molar-refractivity contribution < 1.29 is 4.74 Å². The molecule has 0 aliphatic heterocycles. The third-order valence-corrected chi connectivity index (χ3v) is 7.58. The number of rotatable bonds is 8. The van der Waals surface area contributed by atoms with Crippen LogP contribution in [-0.2, 0) is 0 Å². The number of nitriles is 1. The largest absolute Gasteiger partial charge is 0.464 e. The Hall–Kier alpha value is -5.69. The normalized spacial score (nSPS) is 13.5. The van der Waals surface area contributed by atoms with Crippen molar-refractivity contribution in [1.82, 2.24) is 29.5 Å². The summed E-state index contributed by atoms with van der Waals surface area (Å²) in [6, 6.07) is 22.7. The molecule has 210 valence electrons. The molecule has 0 spiro atoms. The number of anilines is 1. The number of benzene rings is 3. The van der Waals surface area contributed by atoms with E-state index in [1.807, 2.05) is 61.5 Å². The van der Waals surface area contributed by atoms with Crippen molar-refractivity contribution in [1.29, 1.82) is 5.26 Å². The molecule has 1 fully saturated rings. The van der Waals surface area contributed by atoms with Crippen LogP contribution in [0.15, 0.2) is 90.2 Å². The zero-order chi connectivity index (χ0) is 29.3. The smallest absolute Gasteiger partial charge is 0.316 e. The number of para-hydroxylation sites is 1. The monoisotopic (exact) mass is 566 g/mol. The van der Waals surface area contributed by atoms with E-state index in [1.165, 1.54) is 6.33 Å². The number of ether oxygens (including phenoxy) is 1. The van der Waals surface area contributed by atoms with Gasteiger partial charge in [-0.25, -0.2) is 24.9 Å². The maximum absolute atomic E-state index is 14.6. The molecule has 0 bridgehead atoms. The van der Waals surface area contributed by atoms with Gasteiger partial charge in [-0.15, -0.1) is 0 Å². The predicted octanol–water partition coefficient (Wildman–Crippen LogP) is 5.62. The highest BCUT2D eigenvalue weighted by Crippen LogP contribution is 2.43. The molecule has 3 aromatic carbocycles. The second-order valence-corrected chi connectivity index (χ2v) is 10.4. The van der Waals surface area contributed by atoms with Crippen LogP contribution in [0, 0.1) is 17.2 Å². The standard InChI is InChI=1S/C33H26N8O2/c1-2-43-33-35-17-22(18-36-33)24-9-6-10-27-28(24)32(42)41(23-7-4-3-5-8-23)31(39-27)29(21-12-13-21)40-30-25-15-20(16-34)11-14-26(25)37-19-38-30/h3-11,14-15,17-19,21,29H,2,12-13H2,1H3,(H,37,38,40)/t29-/m0/s1. The summed E-state index contributed by atoms with van der Waals surface area (Å²) in [5.41, 5.74) is 3.72. The SMILES string of the molecule is CCOc1ncc(-c2cccc3nc([C@@H](Nc4ncnc5ccc(C#N)cc45)C4CC4)n(-c4ccccc4)c(=O)c23)cn1. The highest BCUT2D eigenvalue weighted by molar-refractivity contribution is 5.94. The van der Waals surface area contributed by atoms with Crippen LogP contribution in [0.2, 0.25) is 0 Å². The van der Waals surface area contributed by atoms with E-state index < -0.39 is 0 Å². The number of hydrogen-bond donors (Lipinski definition) is 1. The van der Waals surface area contributed by atoms with Gasteiger partial charge in [-0.1, -0.05) is 30.3 Å². The highest BCUT2D eigenvalue weighted by Gasteiger charge is 2.37. The molecule has 1 N–H and O–H groups in total. The zero-order valence-electron chi connectivity index (χ0n) is 23.3. The molecule has 1 aliphatic carbocycles. The Morgan fingerprint density at radius 3 is 2.56 bits per heavy atom. The van der Waals surface area contributed by atoms with Crippen molar-refractivity contribution in [3.8, 4) is 28.9 Å². The topological polar surface area (TPSA) is 132 Å². The molecule has 1 saturated carbocycles. The van der Waals surface area contributed by atoms with Gasteiger partial charge in [0.05, 0.1) is 46.4 Å². The minimum Gasteiger partial charge on any atom is -0.464 e. The molecule has 6 aromatic rings. The van der Waals surface area contributed by atoms with Crippen LogP contribution in [-0.4, -0.2) is 36.1 Å². The third kappa shape index (κ3) is 4.91. The van der Waals surface area contributed by atoms with Gasteiger partial charge in [0.25, 0.3) is 5.56 Å². The summed E-state index contributed by atoms with van der Waals surface area (Å²) >= 11 is 0. The van der Waals surface area contributed by atoms with E-state index in [4.69, 9.17) is 9.72 Å². The van der Waals surface area contributed by atoms with Gasteiger partial charge < -0.3 is 10.1 Å². The van der Waals surface area contributed by atoms with E-state index in [9.17, 15) is 10.1 Å². The first kappa shape index (κ1) is 26.2. The van der Waals surface area contributed by atoms with Crippen molar-refractivity contribution in [2.45, 2.75) is 25.8 Å². The molecule has 0 saturated heterocycles. The van der Waals surface area contributed by atoms with Gasteiger partial charge in [0.2, 0.25) is 0 Å². The summed E-state index contributed by atoms with van der Waals surface area (Å²) in [6.07, 6.45) is 6.80. The second-order valence-electron chi connectivity index (χ2n) is 10.4. The first-order chi connectivity index (χ1) is 21.1. The van der Waals surface area contributed by atoms with Crippen molar-refractivity contribution in [3.05, 3.63) is 107 Å². The molecule has 3 aromatic heterocycles. The maximum Gasteiger partial charge on any atom is 0.316 e. The lowest BCUT2D eigenvalue weighted by Gasteiger charge is -2.24. The molecule has 1 atom stereocenters. The highest BCUT2D eigenvalue weighted by atomic mass is 16.5. The Labute approximate surface area is 246 Å². The van der Waals surface area contributed by atoms with Crippen LogP contribution in [0.5, 0.6) is 6.01 Å². The lowest BCUT2D eigenvalue weighted by Crippen LogP contribution is -2.29. The summed E-state index contributed by atoms with van der Waals surface area (Å²) in [5, 5.41) is 14.3. The number of aromatic nitrogens is 6. The van der Waals surface area contributed by atoms with Gasteiger partial charge in [-0.2, -0.15) is 5.26 Å². The van der Waals surface area contributed by atoms with Gasteiger partial charge in [0.15, 0.2) is 0 Å². The van der Waals surface area contributed by atoms with Crippen LogP contribution in [0.3, 0.4) is 0 Å². The quantitative estimate of drug-likeness (QED) is 0.249. The molecule has 7 rings (SSSR count). The molecule has 0 amide bonds. The Balaban J connectivity index is 1.43. The minimum absolute atomic E-state index is 0.192.